The standard InChI is InChI=1S/C20H26N4O2/c1-23-10-16(18-9-21-12-24(18)2)17(11-23)22-20(25)14-6-7-19(26-3)15(8-14)13-4-5-13/h6-9,12-13,16-17H,4-5,10-11H2,1-3H3,(H,22,25)/t16-,17-/m1/s1. The minimum atomic E-state index is -0.0120. The summed E-state index contributed by atoms with van der Waals surface area (Å²) in [6, 6.07) is 5.86. The lowest BCUT2D eigenvalue weighted by Crippen LogP contribution is -2.40. The quantitative estimate of drug-likeness (QED) is 0.894. The molecular weight excluding hydrogens is 328 g/mol. The molecule has 1 aromatic heterocycles. The number of nitrogens with one attached hydrogen (secondary N) is 1. The van der Waals surface area contributed by atoms with Crippen LogP contribution < -0.4 is 10.1 Å². The van der Waals surface area contributed by atoms with Gasteiger partial charge in [-0.1, -0.05) is 0 Å². The number of methoxy groups -OCH3 is 1. The molecular formula is C20H26N4O2. The summed E-state index contributed by atoms with van der Waals surface area (Å²) in [7, 11) is 5.78. The summed E-state index contributed by atoms with van der Waals surface area (Å²) in [6.07, 6.45) is 6.08. The Bertz CT molecular complexity index is 812. The number of nitrogens with zero attached hydrogens (tertiary/aromatic N) is 3. The zero-order chi connectivity index (χ0) is 18.3. The molecule has 2 atom stereocenters. The molecule has 1 aromatic carbocycles. The molecule has 6 nitrogen and oxygen atoms in total. The van der Waals surface area contributed by atoms with E-state index in [0.717, 1.165) is 30.1 Å². The van der Waals surface area contributed by atoms with Crippen molar-refractivity contribution in [3.8, 4) is 5.75 Å². The van der Waals surface area contributed by atoms with Gasteiger partial charge >= 0.3 is 0 Å². The van der Waals surface area contributed by atoms with Crippen LogP contribution in [-0.4, -0.2) is 53.6 Å². The van der Waals surface area contributed by atoms with Gasteiger partial charge in [0.2, 0.25) is 0 Å². The number of hydrogen-bond donors (Lipinski definition) is 1. The van der Waals surface area contributed by atoms with Crippen molar-refractivity contribution in [3.05, 3.63) is 47.5 Å². The van der Waals surface area contributed by atoms with Crippen molar-refractivity contribution in [1.82, 2.24) is 19.8 Å². The summed E-state index contributed by atoms with van der Waals surface area (Å²) >= 11 is 0. The number of benzene rings is 1. The van der Waals surface area contributed by atoms with Crippen molar-refractivity contribution in [2.45, 2.75) is 30.7 Å². The van der Waals surface area contributed by atoms with Crippen LogP contribution in [0, 0.1) is 0 Å². The van der Waals surface area contributed by atoms with Gasteiger partial charge in [0.05, 0.1) is 19.5 Å². The highest BCUT2D eigenvalue weighted by molar-refractivity contribution is 5.95. The molecule has 1 aliphatic heterocycles. The first-order valence-corrected chi connectivity index (χ1v) is 9.20. The average Bonchev–Trinajstić information content (AvgIpc) is 3.30. The summed E-state index contributed by atoms with van der Waals surface area (Å²) in [4.78, 5) is 19.4. The molecule has 4 rings (SSSR count). The van der Waals surface area contributed by atoms with Crippen molar-refractivity contribution >= 4 is 5.91 Å². The summed E-state index contributed by atoms with van der Waals surface area (Å²) in [6.45, 7) is 1.76. The van der Waals surface area contributed by atoms with Crippen LogP contribution in [0.1, 0.15) is 46.3 Å². The summed E-state index contributed by atoms with van der Waals surface area (Å²) in [5.41, 5.74) is 3.03. The third-order valence-electron chi connectivity index (χ3n) is 5.56. The lowest BCUT2D eigenvalue weighted by molar-refractivity contribution is 0.0935. The number of carbonyl (C=O) groups is 1. The monoisotopic (exact) mass is 354 g/mol. The van der Waals surface area contributed by atoms with Crippen LogP contribution in [0.2, 0.25) is 0 Å². The van der Waals surface area contributed by atoms with Gasteiger partial charge in [-0.3, -0.25) is 4.79 Å². The second-order valence-electron chi connectivity index (χ2n) is 7.57. The van der Waals surface area contributed by atoms with Gasteiger partial charge in [0, 0.05) is 43.5 Å². The number of carbonyl (C=O) groups excluding carboxylic acids is 1. The summed E-state index contributed by atoms with van der Waals surface area (Å²) in [5.74, 6) is 1.66. The third kappa shape index (κ3) is 3.21. The maximum absolute atomic E-state index is 12.9. The van der Waals surface area contributed by atoms with E-state index in [1.807, 2.05) is 42.3 Å². The highest BCUT2D eigenvalue weighted by Gasteiger charge is 2.35. The van der Waals surface area contributed by atoms with E-state index in [1.54, 1.807) is 7.11 Å². The normalized spacial score (nSPS) is 23.2. The lowest BCUT2D eigenvalue weighted by atomic mass is 9.99. The number of aryl methyl sites for hydroxylation is 1. The molecule has 0 spiro atoms. The number of likely N-dealkylation sites (N-methyl/N-ethyl adjacent to an activating group) is 1. The molecule has 2 aromatic rings. The Morgan fingerprint density at radius 1 is 1.27 bits per heavy atom. The zero-order valence-electron chi connectivity index (χ0n) is 15.6. The number of aromatic nitrogens is 2. The van der Waals surface area contributed by atoms with Gasteiger partial charge in [-0.05, 0) is 49.6 Å². The van der Waals surface area contributed by atoms with Crippen molar-refractivity contribution in [1.29, 1.82) is 0 Å². The molecule has 0 radical (unpaired) electrons. The van der Waals surface area contributed by atoms with E-state index < -0.39 is 0 Å². The second kappa shape index (κ2) is 6.76. The SMILES string of the molecule is COc1ccc(C(=O)N[C@@H]2CN(C)C[C@H]2c2cncn2C)cc1C1CC1. The van der Waals surface area contributed by atoms with E-state index >= 15 is 0 Å². The molecule has 1 N–H and O–H groups in total. The first-order chi connectivity index (χ1) is 12.6. The van der Waals surface area contributed by atoms with E-state index in [1.165, 1.54) is 12.8 Å². The highest BCUT2D eigenvalue weighted by Crippen LogP contribution is 2.44. The van der Waals surface area contributed by atoms with Gasteiger partial charge in [-0.15, -0.1) is 0 Å². The van der Waals surface area contributed by atoms with Crippen LogP contribution in [0.3, 0.4) is 0 Å². The molecule has 2 heterocycles. The third-order valence-corrected chi connectivity index (χ3v) is 5.56. The number of imidazole rings is 1. The van der Waals surface area contributed by atoms with E-state index in [4.69, 9.17) is 4.74 Å². The first-order valence-electron chi connectivity index (χ1n) is 9.20. The Hall–Kier alpha value is -2.34. The zero-order valence-corrected chi connectivity index (χ0v) is 15.6. The molecule has 0 bridgehead atoms. The topological polar surface area (TPSA) is 59.4 Å². The first kappa shape index (κ1) is 17.1. The number of hydrogen-bond acceptors (Lipinski definition) is 4. The maximum atomic E-state index is 12.9. The molecule has 1 amide bonds. The van der Waals surface area contributed by atoms with Gasteiger partial charge in [-0.25, -0.2) is 4.98 Å². The molecule has 1 aliphatic carbocycles. The van der Waals surface area contributed by atoms with Gasteiger partial charge in [0.25, 0.3) is 5.91 Å². The average molecular weight is 354 g/mol. The Morgan fingerprint density at radius 2 is 2.08 bits per heavy atom. The Morgan fingerprint density at radius 3 is 2.73 bits per heavy atom. The predicted molar refractivity (Wildman–Crippen MR) is 99.7 cm³/mol. The van der Waals surface area contributed by atoms with E-state index in [2.05, 4.69) is 22.2 Å². The number of rotatable bonds is 5. The largest absolute Gasteiger partial charge is 0.496 e. The van der Waals surface area contributed by atoms with Gasteiger partial charge in [-0.2, -0.15) is 0 Å². The number of likely N-dealkylation sites (tertiary alicyclic amines) is 1. The van der Waals surface area contributed by atoms with E-state index in [0.29, 0.717) is 11.5 Å². The van der Waals surface area contributed by atoms with E-state index in [-0.39, 0.29) is 17.9 Å². The molecule has 1 saturated carbocycles. The van der Waals surface area contributed by atoms with Crippen molar-refractivity contribution in [3.63, 3.8) is 0 Å². The summed E-state index contributed by atoms with van der Waals surface area (Å²) < 4.78 is 7.50. The fraction of sp³-hybridized carbons (Fsp3) is 0.500. The molecule has 2 aliphatic rings. The van der Waals surface area contributed by atoms with Crippen molar-refractivity contribution in [2.75, 3.05) is 27.2 Å². The fourth-order valence-corrected chi connectivity index (χ4v) is 4.01. The Labute approximate surface area is 154 Å². The van der Waals surface area contributed by atoms with E-state index in [9.17, 15) is 4.79 Å². The Kier molecular flexibility index (Phi) is 4.44. The number of amides is 1. The number of ether oxygens (including phenoxy) is 1. The predicted octanol–water partition coefficient (Wildman–Crippen LogP) is 2.13. The Balaban J connectivity index is 1.53. The van der Waals surface area contributed by atoms with Crippen LogP contribution in [0.5, 0.6) is 5.75 Å². The van der Waals surface area contributed by atoms with Crippen molar-refractivity contribution in [2.24, 2.45) is 7.05 Å². The van der Waals surface area contributed by atoms with Crippen LogP contribution >= 0.6 is 0 Å². The second-order valence-corrected chi connectivity index (χ2v) is 7.57. The van der Waals surface area contributed by atoms with Gasteiger partial charge in [0.1, 0.15) is 5.75 Å². The van der Waals surface area contributed by atoms with Crippen molar-refractivity contribution < 1.29 is 9.53 Å². The highest BCUT2D eigenvalue weighted by atomic mass is 16.5. The van der Waals surface area contributed by atoms with Crippen LogP contribution in [0.4, 0.5) is 0 Å². The molecule has 26 heavy (non-hydrogen) atoms. The molecule has 138 valence electrons. The van der Waals surface area contributed by atoms with Crippen LogP contribution in [0.25, 0.3) is 0 Å². The maximum Gasteiger partial charge on any atom is 0.251 e. The lowest BCUT2D eigenvalue weighted by Gasteiger charge is -2.20. The molecule has 6 heteroatoms. The van der Waals surface area contributed by atoms with Gasteiger partial charge < -0.3 is 19.5 Å². The van der Waals surface area contributed by atoms with Gasteiger partial charge in [0.15, 0.2) is 0 Å². The van der Waals surface area contributed by atoms with Crippen LogP contribution in [-0.2, 0) is 7.05 Å². The summed E-state index contributed by atoms with van der Waals surface area (Å²) in [5, 5.41) is 3.25. The molecule has 2 fully saturated rings. The van der Waals surface area contributed by atoms with Crippen LogP contribution in [0.15, 0.2) is 30.7 Å². The fourth-order valence-electron chi connectivity index (χ4n) is 4.01. The minimum absolute atomic E-state index is 0.0120. The molecule has 1 saturated heterocycles. The molecule has 0 unspecified atom stereocenters. The smallest absolute Gasteiger partial charge is 0.251 e. The minimum Gasteiger partial charge on any atom is -0.496 e.